The van der Waals surface area contributed by atoms with Crippen LogP contribution in [0.5, 0.6) is 0 Å². The maximum absolute atomic E-state index is 9.86. The molecule has 2 N–H and O–H groups in total. The summed E-state index contributed by atoms with van der Waals surface area (Å²) in [6.07, 6.45) is -0.435. The molecule has 0 amide bonds. The minimum atomic E-state index is -0.462. The molecule has 4 heteroatoms. The Morgan fingerprint density at radius 3 is 2.17 bits per heavy atom. The average Bonchev–Trinajstić information content (AvgIpc) is 2.64. The molecule has 0 aromatic heterocycles. The van der Waals surface area contributed by atoms with Crippen LogP contribution < -0.4 is 5.32 Å². The first kappa shape index (κ1) is 15.9. The van der Waals surface area contributed by atoms with E-state index in [0.29, 0.717) is 36.6 Å². The third-order valence-electron chi connectivity index (χ3n) is 4.55. The highest BCUT2D eigenvalue weighted by Gasteiger charge is 2.64. The van der Waals surface area contributed by atoms with Crippen LogP contribution in [0, 0.1) is 10.8 Å². The van der Waals surface area contributed by atoms with Crippen LogP contribution in [0.4, 0.5) is 0 Å². The molecule has 0 bridgehead atoms. The van der Waals surface area contributed by atoms with Crippen LogP contribution >= 0.6 is 0 Å². The van der Waals surface area contributed by atoms with Gasteiger partial charge in [0.1, 0.15) is 0 Å². The van der Waals surface area contributed by atoms with Gasteiger partial charge >= 0.3 is 0 Å². The van der Waals surface area contributed by atoms with Crippen LogP contribution in [0.25, 0.3) is 0 Å². The van der Waals surface area contributed by atoms with Crippen LogP contribution in [0.2, 0.25) is 0 Å². The molecular formula is C14H29NO3. The molecule has 0 aromatic rings. The van der Waals surface area contributed by atoms with E-state index in [1.54, 1.807) is 7.11 Å². The summed E-state index contributed by atoms with van der Waals surface area (Å²) in [6.45, 7) is 12.5. The topological polar surface area (TPSA) is 50.7 Å². The van der Waals surface area contributed by atoms with E-state index in [9.17, 15) is 5.11 Å². The van der Waals surface area contributed by atoms with Gasteiger partial charge in [-0.15, -0.1) is 0 Å². The largest absolute Gasteiger partial charge is 0.389 e. The summed E-state index contributed by atoms with van der Waals surface area (Å²) in [4.78, 5) is 0. The molecule has 2 unspecified atom stereocenters. The van der Waals surface area contributed by atoms with Gasteiger partial charge in [-0.2, -0.15) is 0 Å². The van der Waals surface area contributed by atoms with E-state index >= 15 is 0 Å². The van der Waals surface area contributed by atoms with E-state index in [0.717, 1.165) is 0 Å². The Bertz CT molecular complexity index is 252. The lowest BCUT2D eigenvalue weighted by Gasteiger charge is -2.17. The summed E-state index contributed by atoms with van der Waals surface area (Å²) >= 11 is 0. The number of ether oxygens (including phenoxy) is 2. The number of aliphatic hydroxyl groups excluding tert-OH is 1. The predicted octanol–water partition coefficient (Wildman–Crippen LogP) is 1.42. The second-order valence-electron chi connectivity index (χ2n) is 6.54. The molecule has 1 saturated carbocycles. The van der Waals surface area contributed by atoms with Gasteiger partial charge in [0, 0.05) is 19.7 Å². The van der Waals surface area contributed by atoms with Crippen molar-refractivity contribution in [1.29, 1.82) is 0 Å². The van der Waals surface area contributed by atoms with Gasteiger partial charge in [-0.25, -0.2) is 0 Å². The summed E-state index contributed by atoms with van der Waals surface area (Å²) in [5, 5.41) is 13.3. The SMILES string of the molecule is COCC(C)OCC(O)CNC1C(C)(C)C1(C)C. The third kappa shape index (κ3) is 3.44. The van der Waals surface area contributed by atoms with Crippen molar-refractivity contribution < 1.29 is 14.6 Å². The van der Waals surface area contributed by atoms with Crippen molar-refractivity contribution in [2.45, 2.75) is 52.9 Å². The predicted molar refractivity (Wildman–Crippen MR) is 72.6 cm³/mol. The fraction of sp³-hybridized carbons (Fsp3) is 1.00. The summed E-state index contributed by atoms with van der Waals surface area (Å²) in [6, 6.07) is 0.469. The Kier molecular flexibility index (Phi) is 5.18. The number of nitrogens with one attached hydrogen (secondary N) is 1. The summed E-state index contributed by atoms with van der Waals surface area (Å²) in [7, 11) is 1.65. The highest BCUT2D eigenvalue weighted by Crippen LogP contribution is 2.62. The van der Waals surface area contributed by atoms with Crippen molar-refractivity contribution in [3.63, 3.8) is 0 Å². The second-order valence-corrected chi connectivity index (χ2v) is 6.54. The van der Waals surface area contributed by atoms with E-state index in [1.807, 2.05) is 6.92 Å². The van der Waals surface area contributed by atoms with Gasteiger partial charge in [-0.1, -0.05) is 27.7 Å². The van der Waals surface area contributed by atoms with E-state index in [1.165, 1.54) is 0 Å². The zero-order valence-electron chi connectivity index (χ0n) is 12.6. The first-order chi connectivity index (χ1) is 8.23. The Morgan fingerprint density at radius 2 is 1.72 bits per heavy atom. The number of methoxy groups -OCH3 is 1. The number of hydrogen-bond acceptors (Lipinski definition) is 4. The standard InChI is InChI=1S/C14H29NO3/c1-10(8-17-6)18-9-11(16)7-15-12-13(2,3)14(12,4)5/h10-12,15-16H,7-9H2,1-6H3. The normalized spacial score (nSPS) is 24.8. The molecule has 0 heterocycles. The van der Waals surface area contributed by atoms with Crippen molar-refractivity contribution in [2.24, 2.45) is 10.8 Å². The minimum absolute atomic E-state index is 0.0263. The van der Waals surface area contributed by atoms with Crippen molar-refractivity contribution in [3.8, 4) is 0 Å². The van der Waals surface area contributed by atoms with Crippen LogP contribution in [0.3, 0.4) is 0 Å². The Morgan fingerprint density at radius 1 is 1.17 bits per heavy atom. The molecule has 108 valence electrons. The van der Waals surface area contributed by atoms with Crippen LogP contribution in [0.1, 0.15) is 34.6 Å². The molecular weight excluding hydrogens is 230 g/mol. The summed E-state index contributed by atoms with van der Waals surface area (Å²) < 4.78 is 10.5. The van der Waals surface area contributed by atoms with Crippen LogP contribution in [0.15, 0.2) is 0 Å². The van der Waals surface area contributed by atoms with Crippen molar-refractivity contribution >= 4 is 0 Å². The minimum Gasteiger partial charge on any atom is -0.389 e. The van der Waals surface area contributed by atoms with Gasteiger partial charge in [0.15, 0.2) is 0 Å². The first-order valence-corrected chi connectivity index (χ1v) is 6.75. The molecule has 0 spiro atoms. The van der Waals surface area contributed by atoms with E-state index in [-0.39, 0.29) is 6.10 Å². The van der Waals surface area contributed by atoms with Crippen LogP contribution in [-0.4, -0.2) is 50.2 Å². The second kappa shape index (κ2) is 5.87. The Balaban J connectivity index is 2.17. The lowest BCUT2D eigenvalue weighted by atomic mass is 10.0. The zero-order chi connectivity index (χ0) is 14.0. The highest BCUT2D eigenvalue weighted by molar-refractivity contribution is 5.17. The molecule has 0 aliphatic heterocycles. The molecule has 0 saturated heterocycles. The monoisotopic (exact) mass is 259 g/mol. The molecule has 2 atom stereocenters. The van der Waals surface area contributed by atoms with Crippen molar-refractivity contribution in [3.05, 3.63) is 0 Å². The maximum atomic E-state index is 9.86. The Hall–Kier alpha value is -0.160. The first-order valence-electron chi connectivity index (χ1n) is 6.75. The third-order valence-corrected chi connectivity index (χ3v) is 4.55. The number of aliphatic hydroxyl groups is 1. The van der Waals surface area contributed by atoms with Gasteiger partial charge in [-0.05, 0) is 17.8 Å². The molecule has 18 heavy (non-hydrogen) atoms. The Labute approximate surface area is 111 Å². The highest BCUT2D eigenvalue weighted by atomic mass is 16.5. The smallest absolute Gasteiger partial charge is 0.0897 e. The van der Waals surface area contributed by atoms with Gasteiger partial charge in [-0.3, -0.25) is 0 Å². The fourth-order valence-electron chi connectivity index (χ4n) is 2.58. The van der Waals surface area contributed by atoms with Crippen molar-refractivity contribution in [1.82, 2.24) is 5.32 Å². The van der Waals surface area contributed by atoms with Crippen molar-refractivity contribution in [2.75, 3.05) is 26.9 Å². The zero-order valence-corrected chi connectivity index (χ0v) is 12.6. The summed E-state index contributed by atoms with van der Waals surface area (Å²) in [5.74, 6) is 0. The molecule has 1 aliphatic rings. The summed E-state index contributed by atoms with van der Waals surface area (Å²) in [5.41, 5.74) is 0.605. The number of rotatable bonds is 8. The van der Waals surface area contributed by atoms with Gasteiger partial charge in [0.05, 0.1) is 25.4 Å². The van der Waals surface area contributed by atoms with E-state index < -0.39 is 6.10 Å². The van der Waals surface area contributed by atoms with Gasteiger partial charge in [0.2, 0.25) is 0 Å². The molecule has 1 fully saturated rings. The van der Waals surface area contributed by atoms with Crippen LogP contribution in [-0.2, 0) is 9.47 Å². The van der Waals surface area contributed by atoms with Gasteiger partial charge in [0.25, 0.3) is 0 Å². The van der Waals surface area contributed by atoms with Gasteiger partial charge < -0.3 is 19.9 Å². The molecule has 1 rings (SSSR count). The maximum Gasteiger partial charge on any atom is 0.0897 e. The molecule has 0 radical (unpaired) electrons. The van der Waals surface area contributed by atoms with E-state index in [4.69, 9.17) is 9.47 Å². The molecule has 1 aliphatic carbocycles. The lowest BCUT2D eigenvalue weighted by molar-refractivity contribution is -0.0313. The molecule has 0 aromatic carbocycles. The average molecular weight is 259 g/mol. The lowest BCUT2D eigenvalue weighted by Crippen LogP contribution is -2.35. The molecule has 4 nitrogen and oxygen atoms in total. The number of hydrogen-bond donors (Lipinski definition) is 2. The quantitative estimate of drug-likeness (QED) is 0.692. The van der Waals surface area contributed by atoms with E-state index in [2.05, 4.69) is 33.0 Å². The fourth-order valence-corrected chi connectivity index (χ4v) is 2.58.